The quantitative estimate of drug-likeness (QED) is 0.363. The number of benzene rings is 2. The number of hydrogen-bond donors (Lipinski definition) is 1. The Kier molecular flexibility index (Phi) is 7.26. The Labute approximate surface area is 188 Å². The molecule has 2 aromatic carbocycles. The standard InChI is InChI=1S/C21H20ClN3O7/c1-2-31-16-6-4-15(5-7-16)24-11-13(9-20(24)27)21(28)32-12-19(26)23-17-10-14(22)3-8-18(17)25(29)30/h3-8,10,13H,2,9,11-12H2,1H3,(H,23,26). The first-order chi connectivity index (χ1) is 15.3. The third-order valence-electron chi connectivity index (χ3n) is 4.69. The number of esters is 1. The molecular weight excluding hydrogens is 442 g/mol. The normalized spacial score (nSPS) is 15.4. The first-order valence-electron chi connectivity index (χ1n) is 9.72. The second-order valence-corrected chi connectivity index (χ2v) is 7.34. The first kappa shape index (κ1) is 23.0. The zero-order chi connectivity index (χ0) is 23.3. The number of nitrogens with one attached hydrogen (secondary N) is 1. The number of halogens is 1. The lowest BCUT2D eigenvalue weighted by Crippen LogP contribution is -2.28. The molecule has 0 saturated carbocycles. The number of carbonyl (C=O) groups is 3. The first-order valence-corrected chi connectivity index (χ1v) is 10.1. The number of amides is 2. The maximum atomic E-state index is 12.4. The molecule has 10 nitrogen and oxygen atoms in total. The van der Waals surface area contributed by atoms with Gasteiger partial charge in [0.1, 0.15) is 11.4 Å². The van der Waals surface area contributed by atoms with Crippen LogP contribution in [0.4, 0.5) is 17.1 Å². The Morgan fingerprint density at radius 1 is 1.25 bits per heavy atom. The summed E-state index contributed by atoms with van der Waals surface area (Å²) < 4.78 is 10.4. The molecule has 0 aromatic heterocycles. The molecule has 1 N–H and O–H groups in total. The average molecular weight is 462 g/mol. The molecule has 11 heteroatoms. The summed E-state index contributed by atoms with van der Waals surface area (Å²) in [6, 6.07) is 10.6. The van der Waals surface area contributed by atoms with Crippen LogP contribution >= 0.6 is 11.6 Å². The van der Waals surface area contributed by atoms with Gasteiger partial charge < -0.3 is 19.7 Å². The number of rotatable bonds is 8. The molecule has 3 rings (SSSR count). The minimum atomic E-state index is -0.767. The van der Waals surface area contributed by atoms with Crippen molar-refractivity contribution in [3.63, 3.8) is 0 Å². The van der Waals surface area contributed by atoms with Crippen molar-refractivity contribution in [2.24, 2.45) is 5.92 Å². The molecular formula is C21H20ClN3O7. The highest BCUT2D eigenvalue weighted by Gasteiger charge is 2.36. The molecule has 1 atom stereocenters. The number of nitro groups is 1. The SMILES string of the molecule is CCOc1ccc(N2CC(C(=O)OCC(=O)Nc3cc(Cl)ccc3[N+](=O)[O-])CC2=O)cc1. The monoisotopic (exact) mass is 461 g/mol. The van der Waals surface area contributed by atoms with Crippen molar-refractivity contribution in [3.8, 4) is 5.75 Å². The molecule has 1 unspecified atom stereocenters. The molecule has 0 spiro atoms. The van der Waals surface area contributed by atoms with Crippen molar-refractivity contribution in [1.29, 1.82) is 0 Å². The van der Waals surface area contributed by atoms with Crippen LogP contribution in [0.3, 0.4) is 0 Å². The molecule has 1 aliphatic heterocycles. The van der Waals surface area contributed by atoms with Gasteiger partial charge in [-0.1, -0.05) is 11.6 Å². The van der Waals surface area contributed by atoms with Crippen molar-refractivity contribution in [3.05, 3.63) is 57.6 Å². The lowest BCUT2D eigenvalue weighted by molar-refractivity contribution is -0.383. The van der Waals surface area contributed by atoms with Gasteiger partial charge in [0.2, 0.25) is 5.91 Å². The molecule has 1 aliphatic rings. The van der Waals surface area contributed by atoms with Gasteiger partial charge in [0.15, 0.2) is 6.61 Å². The topological polar surface area (TPSA) is 128 Å². The van der Waals surface area contributed by atoms with Crippen molar-refractivity contribution in [1.82, 2.24) is 0 Å². The van der Waals surface area contributed by atoms with Gasteiger partial charge in [-0.2, -0.15) is 0 Å². The van der Waals surface area contributed by atoms with Crippen LogP contribution in [0.5, 0.6) is 5.75 Å². The van der Waals surface area contributed by atoms with E-state index in [1.54, 1.807) is 24.3 Å². The largest absolute Gasteiger partial charge is 0.494 e. The number of ether oxygens (including phenoxy) is 2. The fourth-order valence-electron chi connectivity index (χ4n) is 3.21. The third kappa shape index (κ3) is 5.52. The second-order valence-electron chi connectivity index (χ2n) is 6.91. The van der Waals surface area contributed by atoms with Gasteiger partial charge >= 0.3 is 5.97 Å². The van der Waals surface area contributed by atoms with E-state index in [-0.39, 0.29) is 35.3 Å². The van der Waals surface area contributed by atoms with Gasteiger partial charge in [0, 0.05) is 29.7 Å². The van der Waals surface area contributed by atoms with E-state index >= 15 is 0 Å². The van der Waals surface area contributed by atoms with E-state index in [9.17, 15) is 24.5 Å². The maximum absolute atomic E-state index is 12.4. The summed E-state index contributed by atoms with van der Waals surface area (Å²) in [7, 11) is 0. The Balaban J connectivity index is 1.55. The second kappa shape index (κ2) is 10.1. The molecule has 0 aliphatic carbocycles. The molecule has 1 heterocycles. The van der Waals surface area contributed by atoms with Crippen molar-refractivity contribution in [2.45, 2.75) is 13.3 Å². The van der Waals surface area contributed by atoms with Crippen LogP contribution in [0.2, 0.25) is 5.02 Å². The highest BCUT2D eigenvalue weighted by Crippen LogP contribution is 2.29. The Morgan fingerprint density at radius 2 is 1.97 bits per heavy atom. The molecule has 2 aromatic rings. The van der Waals surface area contributed by atoms with Crippen LogP contribution in [0.15, 0.2) is 42.5 Å². The molecule has 1 saturated heterocycles. The fraction of sp³-hybridized carbons (Fsp3) is 0.286. The summed E-state index contributed by atoms with van der Waals surface area (Å²) >= 11 is 5.82. The summed E-state index contributed by atoms with van der Waals surface area (Å²) in [5, 5.41) is 13.6. The average Bonchev–Trinajstić information content (AvgIpc) is 3.14. The predicted octanol–water partition coefficient (Wildman–Crippen LogP) is 3.18. The van der Waals surface area contributed by atoms with Crippen molar-refractivity contribution >= 4 is 46.4 Å². The molecule has 0 bridgehead atoms. The van der Waals surface area contributed by atoms with Gasteiger partial charge in [-0.3, -0.25) is 24.5 Å². The zero-order valence-corrected chi connectivity index (χ0v) is 17.8. The molecule has 32 heavy (non-hydrogen) atoms. The van der Waals surface area contributed by atoms with Crippen LogP contribution in [-0.4, -0.2) is 42.5 Å². The number of hydrogen-bond acceptors (Lipinski definition) is 7. The van der Waals surface area contributed by atoms with Crippen LogP contribution in [0.1, 0.15) is 13.3 Å². The number of anilines is 2. The van der Waals surface area contributed by atoms with E-state index < -0.39 is 29.3 Å². The minimum Gasteiger partial charge on any atom is -0.494 e. The number of nitro benzene ring substituents is 1. The summed E-state index contributed by atoms with van der Waals surface area (Å²) in [5.41, 5.74) is 0.169. The highest BCUT2D eigenvalue weighted by atomic mass is 35.5. The van der Waals surface area contributed by atoms with E-state index in [0.29, 0.717) is 18.0 Å². The highest BCUT2D eigenvalue weighted by molar-refractivity contribution is 6.31. The van der Waals surface area contributed by atoms with Gasteiger partial charge in [0.25, 0.3) is 11.6 Å². The lowest BCUT2D eigenvalue weighted by atomic mass is 10.1. The fourth-order valence-corrected chi connectivity index (χ4v) is 3.38. The molecule has 0 radical (unpaired) electrons. The Bertz CT molecular complexity index is 1040. The van der Waals surface area contributed by atoms with Gasteiger partial charge in [0.05, 0.1) is 17.4 Å². The van der Waals surface area contributed by atoms with Crippen LogP contribution in [0.25, 0.3) is 0 Å². The minimum absolute atomic E-state index is 0.0482. The molecule has 2 amide bonds. The van der Waals surface area contributed by atoms with E-state index in [1.807, 2.05) is 6.92 Å². The number of carbonyl (C=O) groups excluding carboxylic acids is 3. The number of nitrogens with zero attached hydrogens (tertiary/aromatic N) is 2. The summed E-state index contributed by atoms with van der Waals surface area (Å²) in [6.07, 6.45) is -0.0482. The smallest absolute Gasteiger partial charge is 0.311 e. The van der Waals surface area contributed by atoms with E-state index in [2.05, 4.69) is 5.32 Å². The Hall–Kier alpha value is -3.66. The molecule has 1 fully saturated rings. The van der Waals surface area contributed by atoms with Crippen LogP contribution in [-0.2, 0) is 19.1 Å². The summed E-state index contributed by atoms with van der Waals surface area (Å²) in [4.78, 5) is 48.7. The van der Waals surface area contributed by atoms with Crippen molar-refractivity contribution < 1.29 is 28.8 Å². The van der Waals surface area contributed by atoms with Gasteiger partial charge in [-0.15, -0.1) is 0 Å². The van der Waals surface area contributed by atoms with E-state index in [4.69, 9.17) is 21.1 Å². The predicted molar refractivity (Wildman–Crippen MR) is 116 cm³/mol. The van der Waals surface area contributed by atoms with Crippen LogP contribution < -0.4 is 15.0 Å². The summed E-state index contributed by atoms with van der Waals surface area (Å²) in [6.45, 7) is 1.85. The summed E-state index contributed by atoms with van der Waals surface area (Å²) in [5.74, 6) is -1.78. The van der Waals surface area contributed by atoms with Gasteiger partial charge in [-0.25, -0.2) is 0 Å². The third-order valence-corrected chi connectivity index (χ3v) is 4.93. The van der Waals surface area contributed by atoms with Gasteiger partial charge in [-0.05, 0) is 43.3 Å². The zero-order valence-electron chi connectivity index (χ0n) is 17.1. The lowest BCUT2D eigenvalue weighted by Gasteiger charge is -2.17. The maximum Gasteiger partial charge on any atom is 0.311 e. The van der Waals surface area contributed by atoms with E-state index in [0.717, 1.165) is 6.07 Å². The van der Waals surface area contributed by atoms with Crippen LogP contribution in [0, 0.1) is 16.0 Å². The van der Waals surface area contributed by atoms with E-state index in [1.165, 1.54) is 17.0 Å². The Morgan fingerprint density at radius 3 is 2.62 bits per heavy atom. The molecule has 168 valence electrons. The van der Waals surface area contributed by atoms with Crippen molar-refractivity contribution in [2.75, 3.05) is 30.0 Å².